The van der Waals surface area contributed by atoms with Gasteiger partial charge in [-0.3, -0.25) is 0 Å². The van der Waals surface area contributed by atoms with Crippen LogP contribution in [0.2, 0.25) is 0 Å². The van der Waals surface area contributed by atoms with Gasteiger partial charge in [0.05, 0.1) is 0 Å². The number of hydrogen-bond acceptors (Lipinski definition) is 4. The summed E-state index contributed by atoms with van der Waals surface area (Å²) in [6, 6.07) is 6.11. The van der Waals surface area contributed by atoms with Gasteiger partial charge in [-0.2, -0.15) is 0 Å². The highest BCUT2D eigenvalue weighted by Crippen LogP contribution is 2.30. The third-order valence-corrected chi connectivity index (χ3v) is 2.93. The van der Waals surface area contributed by atoms with Crippen LogP contribution in [0.3, 0.4) is 0 Å². The molecule has 4 nitrogen and oxygen atoms in total. The molecule has 0 fully saturated rings. The second kappa shape index (κ2) is 8.02. The molecule has 0 aliphatic carbocycles. The van der Waals surface area contributed by atoms with Gasteiger partial charge >= 0.3 is 0 Å². The number of fused-ring (bicyclic) bond motifs is 1. The van der Waals surface area contributed by atoms with Crippen molar-refractivity contribution in [3.8, 4) is 11.5 Å². The highest BCUT2D eigenvalue weighted by molar-refractivity contribution is 5.43. The van der Waals surface area contributed by atoms with Gasteiger partial charge in [0.1, 0.15) is 13.2 Å². The Kier molecular flexibility index (Phi) is 5.98. The summed E-state index contributed by atoms with van der Waals surface area (Å²) < 4.78 is 16.5. The van der Waals surface area contributed by atoms with Crippen molar-refractivity contribution in [2.45, 2.75) is 26.3 Å². The summed E-state index contributed by atoms with van der Waals surface area (Å²) in [7, 11) is 0. The minimum atomic E-state index is 0.638. The molecule has 2 rings (SSSR count). The van der Waals surface area contributed by atoms with Crippen LogP contribution in [0.15, 0.2) is 18.2 Å². The fourth-order valence-electron chi connectivity index (χ4n) is 1.98. The molecule has 1 heterocycles. The van der Waals surface area contributed by atoms with Crippen molar-refractivity contribution in [1.29, 1.82) is 0 Å². The van der Waals surface area contributed by atoms with Gasteiger partial charge in [0.15, 0.2) is 11.5 Å². The zero-order chi connectivity index (χ0) is 13.3. The molecule has 1 aromatic carbocycles. The minimum Gasteiger partial charge on any atom is -0.486 e. The quantitative estimate of drug-likeness (QED) is 0.733. The van der Waals surface area contributed by atoms with Gasteiger partial charge in [-0.15, -0.1) is 0 Å². The molecule has 0 spiro atoms. The highest BCUT2D eigenvalue weighted by Gasteiger charge is 2.11. The van der Waals surface area contributed by atoms with E-state index in [9.17, 15) is 0 Å². The van der Waals surface area contributed by atoms with Crippen LogP contribution in [0, 0.1) is 0 Å². The molecule has 0 amide bonds. The third kappa shape index (κ3) is 4.73. The summed E-state index contributed by atoms with van der Waals surface area (Å²) in [5.74, 6) is 1.71. The van der Waals surface area contributed by atoms with Crippen molar-refractivity contribution in [2.75, 3.05) is 33.0 Å². The second-order valence-electron chi connectivity index (χ2n) is 4.62. The molecule has 0 saturated heterocycles. The van der Waals surface area contributed by atoms with E-state index in [1.54, 1.807) is 0 Å². The van der Waals surface area contributed by atoms with Gasteiger partial charge < -0.3 is 19.5 Å². The molecule has 4 heteroatoms. The van der Waals surface area contributed by atoms with E-state index in [0.717, 1.165) is 50.6 Å². The van der Waals surface area contributed by atoms with Crippen molar-refractivity contribution in [2.24, 2.45) is 0 Å². The summed E-state index contributed by atoms with van der Waals surface area (Å²) in [5.41, 5.74) is 1.22. The summed E-state index contributed by atoms with van der Waals surface area (Å²) in [4.78, 5) is 0. The fourth-order valence-corrected chi connectivity index (χ4v) is 1.98. The van der Waals surface area contributed by atoms with Gasteiger partial charge in [0.25, 0.3) is 0 Å². The first kappa shape index (κ1) is 14.2. The number of ether oxygens (including phenoxy) is 3. The lowest BCUT2D eigenvalue weighted by Crippen LogP contribution is -2.18. The Hall–Kier alpha value is -1.26. The van der Waals surface area contributed by atoms with Crippen molar-refractivity contribution in [3.63, 3.8) is 0 Å². The first-order valence-electron chi connectivity index (χ1n) is 7.07. The van der Waals surface area contributed by atoms with Gasteiger partial charge in [-0.05, 0) is 37.1 Å². The van der Waals surface area contributed by atoms with Gasteiger partial charge in [0, 0.05) is 19.8 Å². The molecule has 19 heavy (non-hydrogen) atoms. The maximum atomic E-state index is 5.56. The van der Waals surface area contributed by atoms with Crippen LogP contribution < -0.4 is 14.8 Å². The summed E-state index contributed by atoms with van der Waals surface area (Å²) in [6.07, 6.45) is 2.13. The Morgan fingerprint density at radius 2 is 2.00 bits per heavy atom. The van der Waals surface area contributed by atoms with E-state index in [2.05, 4.69) is 24.4 Å². The van der Waals surface area contributed by atoms with Crippen molar-refractivity contribution < 1.29 is 14.2 Å². The molecule has 1 aliphatic heterocycles. The Morgan fingerprint density at radius 1 is 1.16 bits per heavy atom. The predicted molar refractivity (Wildman–Crippen MR) is 74.9 cm³/mol. The van der Waals surface area contributed by atoms with E-state index in [0.29, 0.717) is 13.2 Å². The molecule has 0 saturated carbocycles. The van der Waals surface area contributed by atoms with E-state index in [4.69, 9.17) is 14.2 Å². The highest BCUT2D eigenvalue weighted by atomic mass is 16.6. The largest absolute Gasteiger partial charge is 0.486 e. The topological polar surface area (TPSA) is 39.7 Å². The summed E-state index contributed by atoms with van der Waals surface area (Å²) in [5, 5.41) is 3.41. The number of hydrogen-bond donors (Lipinski definition) is 1. The molecular weight excluding hydrogens is 242 g/mol. The van der Waals surface area contributed by atoms with Crippen LogP contribution in [0.5, 0.6) is 11.5 Å². The SMILES string of the molecule is CCCOCCCNCc1ccc2c(c1)OCCO2. The van der Waals surface area contributed by atoms with Gasteiger partial charge in [-0.25, -0.2) is 0 Å². The maximum absolute atomic E-state index is 5.56. The molecule has 0 bridgehead atoms. The van der Waals surface area contributed by atoms with Crippen molar-refractivity contribution in [3.05, 3.63) is 23.8 Å². The Labute approximate surface area is 115 Å². The van der Waals surface area contributed by atoms with E-state index in [1.807, 2.05) is 6.07 Å². The van der Waals surface area contributed by atoms with Crippen LogP contribution >= 0.6 is 0 Å². The summed E-state index contributed by atoms with van der Waals surface area (Å²) >= 11 is 0. The molecular formula is C15H23NO3. The van der Waals surface area contributed by atoms with E-state index in [-0.39, 0.29) is 0 Å². The Morgan fingerprint density at radius 3 is 2.84 bits per heavy atom. The van der Waals surface area contributed by atoms with E-state index in [1.165, 1.54) is 5.56 Å². The molecule has 0 radical (unpaired) electrons. The normalized spacial score (nSPS) is 13.5. The lowest BCUT2D eigenvalue weighted by molar-refractivity contribution is 0.132. The number of rotatable bonds is 8. The lowest BCUT2D eigenvalue weighted by atomic mass is 10.2. The number of benzene rings is 1. The number of nitrogens with one attached hydrogen (secondary N) is 1. The smallest absolute Gasteiger partial charge is 0.161 e. The Balaban J connectivity index is 1.66. The van der Waals surface area contributed by atoms with Crippen molar-refractivity contribution >= 4 is 0 Å². The second-order valence-corrected chi connectivity index (χ2v) is 4.62. The van der Waals surface area contributed by atoms with Crippen molar-refractivity contribution in [1.82, 2.24) is 5.32 Å². The zero-order valence-electron chi connectivity index (χ0n) is 11.6. The van der Waals surface area contributed by atoms with Crippen LogP contribution in [-0.2, 0) is 11.3 Å². The third-order valence-electron chi connectivity index (χ3n) is 2.93. The molecule has 106 valence electrons. The van der Waals surface area contributed by atoms with Crippen LogP contribution in [0.4, 0.5) is 0 Å². The zero-order valence-corrected chi connectivity index (χ0v) is 11.6. The Bertz CT molecular complexity index is 382. The van der Waals surface area contributed by atoms with Crippen LogP contribution in [0.25, 0.3) is 0 Å². The average Bonchev–Trinajstić information content (AvgIpc) is 2.46. The molecule has 0 atom stereocenters. The summed E-state index contributed by atoms with van der Waals surface area (Å²) in [6.45, 7) is 6.92. The van der Waals surface area contributed by atoms with Crippen LogP contribution in [-0.4, -0.2) is 33.0 Å². The predicted octanol–water partition coefficient (Wildman–Crippen LogP) is 2.36. The maximum Gasteiger partial charge on any atom is 0.161 e. The molecule has 0 aromatic heterocycles. The molecule has 1 aliphatic rings. The first-order valence-corrected chi connectivity index (χ1v) is 7.07. The van der Waals surface area contributed by atoms with Crippen LogP contribution in [0.1, 0.15) is 25.3 Å². The molecule has 0 unspecified atom stereocenters. The van der Waals surface area contributed by atoms with Gasteiger partial charge in [0.2, 0.25) is 0 Å². The molecule has 1 aromatic rings. The molecule has 1 N–H and O–H groups in total. The fraction of sp³-hybridized carbons (Fsp3) is 0.600. The van der Waals surface area contributed by atoms with E-state index < -0.39 is 0 Å². The first-order chi connectivity index (χ1) is 9.40. The monoisotopic (exact) mass is 265 g/mol. The average molecular weight is 265 g/mol. The minimum absolute atomic E-state index is 0.638. The lowest BCUT2D eigenvalue weighted by Gasteiger charge is -2.19. The van der Waals surface area contributed by atoms with E-state index >= 15 is 0 Å². The van der Waals surface area contributed by atoms with Gasteiger partial charge in [-0.1, -0.05) is 13.0 Å². The standard InChI is InChI=1S/C15H23NO3/c1-2-7-17-8-3-6-16-12-13-4-5-14-15(11-13)19-10-9-18-14/h4-5,11,16H,2-3,6-10,12H2,1H3.